The summed E-state index contributed by atoms with van der Waals surface area (Å²) in [6.45, 7) is 0.667. The minimum absolute atomic E-state index is 0.609. The zero-order valence-electron chi connectivity index (χ0n) is 6.02. The molecule has 0 aromatic carbocycles. The standard InChI is InChI=1S/C6H10O4S/c1-3(6(10)11)5(9)4(8)2-7/h3-4,7-8H,2H2,1H3,(H,10,11). The lowest BCUT2D eigenvalue weighted by atomic mass is 10.0. The molecule has 0 fully saturated rings. The number of aliphatic hydroxyl groups excluding tert-OH is 2. The van der Waals surface area contributed by atoms with Gasteiger partial charge in [0.05, 0.1) is 12.5 Å². The molecular formula is C6H10O4S. The van der Waals surface area contributed by atoms with Gasteiger partial charge in [0, 0.05) is 0 Å². The maximum atomic E-state index is 10.8. The third-order valence-electron chi connectivity index (χ3n) is 1.30. The third-order valence-corrected chi connectivity index (χ3v) is 1.69. The van der Waals surface area contributed by atoms with E-state index in [1.165, 1.54) is 6.92 Å². The summed E-state index contributed by atoms with van der Waals surface area (Å²) in [5, 5.41) is 16.5. The largest absolute Gasteiger partial charge is 0.393 e. The highest BCUT2D eigenvalue weighted by atomic mass is 32.1. The highest BCUT2D eigenvalue weighted by molar-refractivity contribution is 7.96. The van der Waals surface area contributed by atoms with E-state index in [1.807, 2.05) is 0 Å². The van der Waals surface area contributed by atoms with Crippen LogP contribution >= 0.6 is 12.6 Å². The van der Waals surface area contributed by atoms with Crippen molar-refractivity contribution in [2.24, 2.45) is 5.92 Å². The monoisotopic (exact) mass is 178 g/mol. The number of Topliss-reactive ketones (excluding diaryl/α,β-unsaturated/α-hetero) is 1. The Morgan fingerprint density at radius 2 is 2.00 bits per heavy atom. The Morgan fingerprint density at radius 3 is 2.27 bits per heavy atom. The molecule has 11 heavy (non-hydrogen) atoms. The second-order valence-electron chi connectivity index (χ2n) is 2.16. The summed E-state index contributed by atoms with van der Waals surface area (Å²) in [5.41, 5.74) is 0. The molecule has 0 amide bonds. The lowest BCUT2D eigenvalue weighted by Crippen LogP contribution is -2.32. The van der Waals surface area contributed by atoms with E-state index >= 15 is 0 Å². The topological polar surface area (TPSA) is 74.6 Å². The molecule has 0 radical (unpaired) electrons. The van der Waals surface area contributed by atoms with E-state index in [9.17, 15) is 9.59 Å². The van der Waals surface area contributed by atoms with Gasteiger partial charge >= 0.3 is 0 Å². The van der Waals surface area contributed by atoms with Crippen LogP contribution in [0.2, 0.25) is 0 Å². The van der Waals surface area contributed by atoms with Crippen LogP contribution in [0.25, 0.3) is 0 Å². The molecule has 0 aromatic heterocycles. The van der Waals surface area contributed by atoms with Gasteiger partial charge in [-0.05, 0) is 6.92 Å². The van der Waals surface area contributed by atoms with Gasteiger partial charge in [-0.25, -0.2) is 0 Å². The predicted octanol–water partition coefficient (Wildman–Crippen LogP) is -0.999. The molecule has 0 aliphatic carbocycles. The fourth-order valence-electron chi connectivity index (χ4n) is 0.500. The molecule has 0 saturated heterocycles. The van der Waals surface area contributed by atoms with Crippen molar-refractivity contribution in [1.29, 1.82) is 0 Å². The van der Waals surface area contributed by atoms with Crippen molar-refractivity contribution in [3.05, 3.63) is 0 Å². The fourth-order valence-corrected chi connectivity index (χ4v) is 0.627. The second kappa shape index (κ2) is 4.48. The van der Waals surface area contributed by atoms with Crippen molar-refractivity contribution < 1.29 is 19.8 Å². The molecule has 0 heterocycles. The SMILES string of the molecule is CC(C(=O)S)C(=O)C(O)CO. The van der Waals surface area contributed by atoms with Gasteiger partial charge in [-0.1, -0.05) is 0 Å². The number of ketones is 1. The van der Waals surface area contributed by atoms with Gasteiger partial charge < -0.3 is 10.2 Å². The average Bonchev–Trinajstić information content (AvgIpc) is 2.00. The Kier molecular flexibility index (Phi) is 4.32. The van der Waals surface area contributed by atoms with Gasteiger partial charge in [0.25, 0.3) is 0 Å². The lowest BCUT2D eigenvalue weighted by molar-refractivity contribution is -0.135. The van der Waals surface area contributed by atoms with Crippen LogP contribution in [0.5, 0.6) is 0 Å². The number of carbonyl (C=O) groups is 2. The van der Waals surface area contributed by atoms with E-state index in [0.29, 0.717) is 0 Å². The van der Waals surface area contributed by atoms with Crippen molar-refractivity contribution in [3.63, 3.8) is 0 Å². The van der Waals surface area contributed by atoms with E-state index in [2.05, 4.69) is 12.6 Å². The van der Waals surface area contributed by atoms with Gasteiger partial charge in [-0.3, -0.25) is 9.59 Å². The van der Waals surface area contributed by atoms with Gasteiger partial charge in [0.2, 0.25) is 0 Å². The molecule has 0 saturated carbocycles. The zero-order valence-corrected chi connectivity index (χ0v) is 6.91. The van der Waals surface area contributed by atoms with Gasteiger partial charge in [0.1, 0.15) is 6.10 Å². The minimum Gasteiger partial charge on any atom is -0.393 e. The van der Waals surface area contributed by atoms with Crippen LogP contribution in [-0.2, 0) is 9.59 Å². The number of hydrogen-bond donors (Lipinski definition) is 3. The fraction of sp³-hybridized carbons (Fsp3) is 0.667. The molecule has 0 bridgehead atoms. The number of aliphatic hydroxyl groups is 2. The lowest BCUT2D eigenvalue weighted by Gasteiger charge is -2.09. The third kappa shape index (κ3) is 3.00. The average molecular weight is 178 g/mol. The van der Waals surface area contributed by atoms with Gasteiger partial charge in [0.15, 0.2) is 10.9 Å². The molecule has 0 aliphatic heterocycles. The summed E-state index contributed by atoms with van der Waals surface area (Å²) >= 11 is 3.41. The first-order valence-electron chi connectivity index (χ1n) is 3.06. The molecule has 64 valence electrons. The van der Waals surface area contributed by atoms with Crippen LogP contribution in [-0.4, -0.2) is 33.8 Å². The maximum absolute atomic E-state index is 10.8. The highest BCUT2D eigenvalue weighted by Gasteiger charge is 2.24. The Morgan fingerprint density at radius 1 is 1.55 bits per heavy atom. The normalized spacial score (nSPS) is 15.6. The van der Waals surface area contributed by atoms with Crippen molar-refractivity contribution in [2.45, 2.75) is 13.0 Å². The zero-order chi connectivity index (χ0) is 9.02. The smallest absolute Gasteiger partial charge is 0.196 e. The first kappa shape index (κ1) is 10.6. The number of rotatable bonds is 4. The summed E-state index contributed by atoms with van der Waals surface area (Å²) < 4.78 is 0. The Labute approximate surface area is 69.6 Å². The summed E-state index contributed by atoms with van der Waals surface area (Å²) in [7, 11) is 0. The van der Waals surface area contributed by atoms with Gasteiger partial charge in [-0.15, -0.1) is 12.6 Å². The minimum atomic E-state index is -1.47. The Bertz CT molecular complexity index is 168. The van der Waals surface area contributed by atoms with Crippen molar-refractivity contribution >= 4 is 23.5 Å². The molecule has 0 spiro atoms. The quantitative estimate of drug-likeness (QED) is 0.381. The molecule has 2 atom stereocenters. The van der Waals surface area contributed by atoms with E-state index in [0.717, 1.165) is 0 Å². The van der Waals surface area contributed by atoms with Crippen molar-refractivity contribution in [3.8, 4) is 0 Å². The molecular weight excluding hydrogens is 168 g/mol. The van der Waals surface area contributed by atoms with Crippen molar-refractivity contribution in [2.75, 3.05) is 6.61 Å². The van der Waals surface area contributed by atoms with E-state index in [4.69, 9.17) is 10.2 Å². The van der Waals surface area contributed by atoms with E-state index in [1.54, 1.807) is 0 Å². The van der Waals surface area contributed by atoms with E-state index < -0.39 is 29.5 Å². The molecule has 0 aromatic rings. The van der Waals surface area contributed by atoms with E-state index in [-0.39, 0.29) is 0 Å². The first-order chi connectivity index (χ1) is 5.00. The molecule has 0 rings (SSSR count). The summed E-state index contributed by atoms with van der Waals surface area (Å²) in [6, 6.07) is 0. The molecule has 5 heteroatoms. The van der Waals surface area contributed by atoms with Crippen LogP contribution in [0.4, 0.5) is 0 Å². The highest BCUT2D eigenvalue weighted by Crippen LogP contribution is 2.04. The molecule has 2 N–H and O–H groups in total. The molecule has 0 aliphatic rings. The number of carbonyl (C=O) groups excluding carboxylic acids is 2. The predicted molar refractivity (Wildman–Crippen MR) is 41.3 cm³/mol. The van der Waals surface area contributed by atoms with Crippen LogP contribution in [0.15, 0.2) is 0 Å². The van der Waals surface area contributed by atoms with Crippen LogP contribution in [0.1, 0.15) is 6.92 Å². The number of thiol groups is 1. The van der Waals surface area contributed by atoms with Crippen LogP contribution < -0.4 is 0 Å². The second-order valence-corrected chi connectivity index (χ2v) is 2.60. The summed E-state index contributed by atoms with van der Waals surface area (Å²) in [4.78, 5) is 21.3. The Hall–Kier alpha value is -0.390. The summed E-state index contributed by atoms with van der Waals surface area (Å²) in [6.07, 6.45) is -1.47. The molecule has 2 unspecified atom stereocenters. The first-order valence-corrected chi connectivity index (χ1v) is 3.51. The summed E-state index contributed by atoms with van der Waals surface area (Å²) in [5.74, 6) is -1.66. The number of hydrogen-bond acceptors (Lipinski definition) is 4. The Balaban J connectivity index is 4.13. The van der Waals surface area contributed by atoms with Gasteiger partial charge in [-0.2, -0.15) is 0 Å². The van der Waals surface area contributed by atoms with Crippen LogP contribution in [0.3, 0.4) is 0 Å². The molecule has 4 nitrogen and oxygen atoms in total. The van der Waals surface area contributed by atoms with Crippen molar-refractivity contribution in [1.82, 2.24) is 0 Å². The maximum Gasteiger partial charge on any atom is 0.196 e. The van der Waals surface area contributed by atoms with Crippen LogP contribution in [0, 0.1) is 5.92 Å².